The van der Waals surface area contributed by atoms with Gasteiger partial charge in [-0.25, -0.2) is 8.62 Å². The van der Waals surface area contributed by atoms with Crippen LogP contribution in [0, 0.1) is 12.3 Å². The fourth-order valence-corrected chi connectivity index (χ4v) is 4.33. The molecule has 3 radical (unpaired) electrons. The third-order valence-corrected chi connectivity index (χ3v) is 5.90. The molecule has 5 unspecified atom stereocenters. The Balaban J connectivity index is 0.00000441. The Kier molecular flexibility index (Phi) is 9.38. The first kappa shape index (κ1) is 23.5. The molecule has 0 aromatic carbocycles. The molecular formula is C6H10BO11P3Y-4. The number of rotatable bonds is 7. The molecule has 0 spiro atoms. The second-order valence-electron chi connectivity index (χ2n) is 4.01. The summed E-state index contributed by atoms with van der Waals surface area (Å²) in [4.78, 5) is 40.5. The molecule has 0 amide bonds. The van der Waals surface area contributed by atoms with E-state index in [1.54, 1.807) is 13.3 Å². The Labute approximate surface area is 152 Å². The van der Waals surface area contributed by atoms with Crippen LogP contribution >= 0.6 is 23.5 Å². The van der Waals surface area contributed by atoms with Gasteiger partial charge in [0.1, 0.15) is 0 Å². The molecule has 0 aliphatic carbocycles. The summed E-state index contributed by atoms with van der Waals surface area (Å²) in [6.45, 7) is 1.04. The molecule has 0 aromatic rings. The Hall–Kier alpha value is 1.54. The third-order valence-electron chi connectivity index (χ3n) is 2.21. The monoisotopic (exact) mass is 451 g/mol. The SMILES string of the molecule is [B]C1[CH-][C@@H](C)C(COP(=O)([O-])OP(=O)([O-])OP(=O)([O-])O)O1.[Y]. The van der Waals surface area contributed by atoms with E-state index in [-0.39, 0.29) is 38.6 Å². The summed E-state index contributed by atoms with van der Waals surface area (Å²) < 4.78 is 48.2. The van der Waals surface area contributed by atoms with Crippen LogP contribution in [0.25, 0.3) is 0 Å². The molecule has 1 N–H and O–H groups in total. The number of hydrogen-bond donors (Lipinski definition) is 1. The van der Waals surface area contributed by atoms with Gasteiger partial charge < -0.3 is 35.3 Å². The van der Waals surface area contributed by atoms with Crippen molar-refractivity contribution in [3.05, 3.63) is 6.42 Å². The zero-order valence-corrected chi connectivity index (χ0v) is 16.6. The maximum absolute atomic E-state index is 11.2. The molecule has 125 valence electrons. The first-order valence-corrected chi connectivity index (χ1v) is 9.70. The molecule has 1 rings (SSSR count). The van der Waals surface area contributed by atoms with Crippen molar-refractivity contribution in [1.82, 2.24) is 0 Å². The Bertz CT molecular complexity index is 510. The molecule has 0 saturated carbocycles. The molecule has 1 heterocycles. The van der Waals surface area contributed by atoms with Gasteiger partial charge in [0.25, 0.3) is 23.5 Å². The minimum Gasteiger partial charge on any atom is -0.756 e. The van der Waals surface area contributed by atoms with Crippen molar-refractivity contribution in [2.45, 2.75) is 19.0 Å². The van der Waals surface area contributed by atoms with Gasteiger partial charge in [0.05, 0.1) is 20.6 Å². The van der Waals surface area contributed by atoms with Gasteiger partial charge in [-0.15, -0.1) is 5.92 Å². The minimum absolute atomic E-state index is 0. The van der Waals surface area contributed by atoms with Gasteiger partial charge in [-0.3, -0.25) is 13.7 Å². The van der Waals surface area contributed by atoms with Gasteiger partial charge in [0, 0.05) is 32.7 Å². The van der Waals surface area contributed by atoms with Crippen molar-refractivity contribution >= 4 is 31.3 Å². The Morgan fingerprint density at radius 3 is 2.18 bits per heavy atom. The zero-order chi connectivity index (χ0) is 16.5. The molecule has 0 aromatic heterocycles. The van der Waals surface area contributed by atoms with Crippen LogP contribution < -0.4 is 14.7 Å². The van der Waals surface area contributed by atoms with Crippen molar-refractivity contribution in [3.8, 4) is 0 Å². The first-order chi connectivity index (χ1) is 9.30. The summed E-state index contributed by atoms with van der Waals surface area (Å²) in [5, 5.41) is 0. The molecule has 1 saturated heterocycles. The van der Waals surface area contributed by atoms with Crippen LogP contribution in [-0.2, 0) is 64.3 Å². The van der Waals surface area contributed by atoms with E-state index in [4.69, 9.17) is 17.5 Å². The van der Waals surface area contributed by atoms with E-state index in [0.717, 1.165) is 0 Å². The predicted molar refractivity (Wildman–Crippen MR) is 61.0 cm³/mol. The first-order valence-electron chi connectivity index (χ1n) is 5.29. The van der Waals surface area contributed by atoms with Crippen molar-refractivity contribution in [3.63, 3.8) is 0 Å². The zero-order valence-electron chi connectivity index (χ0n) is 11.0. The van der Waals surface area contributed by atoms with Crippen molar-refractivity contribution in [2.75, 3.05) is 6.61 Å². The smallest absolute Gasteiger partial charge is 0.280 e. The van der Waals surface area contributed by atoms with Crippen LogP contribution in [0.4, 0.5) is 0 Å². The van der Waals surface area contributed by atoms with Crippen LogP contribution in [0.2, 0.25) is 0 Å². The minimum atomic E-state index is -5.87. The molecule has 22 heavy (non-hydrogen) atoms. The molecule has 6 atom stereocenters. The fourth-order valence-electron chi connectivity index (χ4n) is 1.44. The quantitative estimate of drug-likeness (QED) is 0.262. The summed E-state index contributed by atoms with van der Waals surface area (Å²) in [7, 11) is -11.7. The van der Waals surface area contributed by atoms with Crippen LogP contribution in [-0.4, -0.2) is 31.5 Å². The summed E-state index contributed by atoms with van der Waals surface area (Å²) in [6, 6.07) is -0.727. The molecule has 1 aliphatic heterocycles. The molecule has 11 nitrogen and oxygen atoms in total. The maximum atomic E-state index is 11.2. The normalized spacial score (nSPS) is 33.2. The maximum Gasteiger partial charge on any atom is 0.280 e. The standard InChI is InChI=1S/C6H13BO11P3.Y/c1-4-2-6(7)16-5(4)3-15-20(11,12)18-21(13,14)17-19(8,9)10;/h2,4-6H,3H2,1H3,(H,11,12)(H,13,14)(H2,8,9,10);/q-1;/p-3/t4-,5?,6?;/m1./s1. The van der Waals surface area contributed by atoms with Gasteiger partial charge >= 0.3 is 0 Å². The van der Waals surface area contributed by atoms with E-state index in [1.165, 1.54) is 0 Å². The molecule has 16 heteroatoms. The number of phosphoric acid groups is 3. The second-order valence-corrected chi connectivity index (χ2v) is 8.30. The van der Waals surface area contributed by atoms with E-state index in [2.05, 4.69) is 13.1 Å². The number of phosphoric ester groups is 1. The molecule has 0 bridgehead atoms. The Morgan fingerprint density at radius 2 is 1.77 bits per heavy atom. The van der Waals surface area contributed by atoms with Crippen molar-refractivity contribution < 1.29 is 83.9 Å². The van der Waals surface area contributed by atoms with E-state index in [9.17, 15) is 28.4 Å². The predicted octanol–water partition coefficient (Wildman–Crippen LogP) is -1.84. The van der Waals surface area contributed by atoms with Gasteiger partial charge in [-0.1, -0.05) is 12.9 Å². The van der Waals surface area contributed by atoms with Crippen molar-refractivity contribution in [2.24, 2.45) is 5.92 Å². The van der Waals surface area contributed by atoms with Crippen LogP contribution in [0.1, 0.15) is 6.92 Å². The fraction of sp³-hybridized carbons (Fsp3) is 0.833. The molecule has 1 aliphatic rings. The number of hydrogen-bond acceptors (Lipinski definition) is 10. The largest absolute Gasteiger partial charge is 0.756 e. The summed E-state index contributed by atoms with van der Waals surface area (Å²) in [6.07, 6.45) is 0.798. The average Bonchev–Trinajstić information content (AvgIpc) is 2.48. The summed E-state index contributed by atoms with van der Waals surface area (Å²) in [5.41, 5.74) is 0. The molecular weight excluding hydrogens is 441 g/mol. The van der Waals surface area contributed by atoms with Gasteiger partial charge in [0.15, 0.2) is 0 Å². The van der Waals surface area contributed by atoms with E-state index in [1.807, 2.05) is 0 Å². The summed E-state index contributed by atoms with van der Waals surface area (Å²) in [5.74, 6) is -0.269. The van der Waals surface area contributed by atoms with Crippen LogP contribution in [0.15, 0.2) is 0 Å². The van der Waals surface area contributed by atoms with E-state index >= 15 is 0 Å². The summed E-state index contributed by atoms with van der Waals surface area (Å²) >= 11 is 0. The van der Waals surface area contributed by atoms with E-state index < -0.39 is 42.2 Å². The average molecular weight is 451 g/mol. The van der Waals surface area contributed by atoms with Crippen molar-refractivity contribution in [1.29, 1.82) is 0 Å². The Morgan fingerprint density at radius 1 is 1.23 bits per heavy atom. The van der Waals surface area contributed by atoms with Crippen LogP contribution in [0.3, 0.4) is 0 Å². The number of ether oxygens (including phenoxy) is 1. The van der Waals surface area contributed by atoms with E-state index in [0.29, 0.717) is 0 Å². The second kappa shape index (κ2) is 8.77. The van der Waals surface area contributed by atoms with Gasteiger partial charge in [0.2, 0.25) is 0 Å². The van der Waals surface area contributed by atoms with Crippen LogP contribution in [0.5, 0.6) is 0 Å². The third kappa shape index (κ3) is 9.13. The van der Waals surface area contributed by atoms with Gasteiger partial charge in [-0.05, 0) is 0 Å². The topological polar surface area (TPSA) is 178 Å². The molecule has 1 fully saturated rings. The van der Waals surface area contributed by atoms with Gasteiger partial charge in [-0.2, -0.15) is 0 Å².